The summed E-state index contributed by atoms with van der Waals surface area (Å²) in [5.74, 6) is -1.15. The molecule has 1 heterocycles. The van der Waals surface area contributed by atoms with Crippen LogP contribution in [0.5, 0.6) is 0 Å². The van der Waals surface area contributed by atoms with Crippen molar-refractivity contribution in [1.29, 1.82) is 0 Å². The molecule has 0 aromatic heterocycles. The van der Waals surface area contributed by atoms with Crippen molar-refractivity contribution in [2.75, 3.05) is 18.4 Å². The molecule has 3 aromatic carbocycles. The summed E-state index contributed by atoms with van der Waals surface area (Å²) in [6.07, 6.45) is 0. The molecule has 0 saturated carbocycles. The lowest BCUT2D eigenvalue weighted by molar-refractivity contribution is -0.156. The van der Waals surface area contributed by atoms with Crippen LogP contribution in [0.15, 0.2) is 72.8 Å². The Bertz CT molecular complexity index is 1170. The number of hydrogen-bond donors (Lipinski definition) is 1. The summed E-state index contributed by atoms with van der Waals surface area (Å²) in [7, 11) is 0. The van der Waals surface area contributed by atoms with Gasteiger partial charge in [0.25, 0.3) is 5.91 Å². The lowest BCUT2D eigenvalue weighted by Gasteiger charge is -2.33. The van der Waals surface area contributed by atoms with Crippen molar-refractivity contribution in [2.24, 2.45) is 0 Å². The van der Waals surface area contributed by atoms with Gasteiger partial charge >= 0.3 is 11.8 Å². The summed E-state index contributed by atoms with van der Waals surface area (Å²) < 4.78 is 0. The maximum atomic E-state index is 12.6. The lowest BCUT2D eigenvalue weighted by atomic mass is 10.1. The maximum Gasteiger partial charge on any atom is 0.312 e. The van der Waals surface area contributed by atoms with Gasteiger partial charge in [-0.1, -0.05) is 54.6 Å². The second-order valence-corrected chi connectivity index (χ2v) is 8.41. The van der Waals surface area contributed by atoms with Gasteiger partial charge in [0.1, 0.15) is 0 Å². The second-order valence-electron chi connectivity index (χ2n) is 8.41. The zero-order valence-electron chi connectivity index (χ0n) is 18.9. The van der Waals surface area contributed by atoms with Gasteiger partial charge in [-0.3, -0.25) is 14.4 Å². The van der Waals surface area contributed by atoms with Crippen LogP contribution in [0.1, 0.15) is 32.6 Å². The van der Waals surface area contributed by atoms with E-state index in [0.29, 0.717) is 31.7 Å². The van der Waals surface area contributed by atoms with Crippen molar-refractivity contribution in [1.82, 2.24) is 9.80 Å². The number of nitrogens with zero attached hydrogens (tertiary/aromatic N) is 2. The molecule has 3 amide bonds. The van der Waals surface area contributed by atoms with Gasteiger partial charge in [0.15, 0.2) is 0 Å². The Morgan fingerprint density at radius 3 is 1.97 bits per heavy atom. The first-order valence-corrected chi connectivity index (χ1v) is 11.0. The van der Waals surface area contributed by atoms with Crippen molar-refractivity contribution in [3.05, 3.63) is 101 Å². The van der Waals surface area contributed by atoms with Crippen LogP contribution in [0.2, 0.25) is 0 Å². The number of nitrogens with one attached hydrogen (secondary N) is 1. The molecule has 0 bridgehead atoms. The number of hydrogen-bond acceptors (Lipinski definition) is 3. The normalized spacial score (nSPS) is 13.9. The van der Waals surface area contributed by atoms with E-state index in [1.54, 1.807) is 21.9 Å². The highest BCUT2D eigenvalue weighted by molar-refractivity contribution is 6.35. The highest BCUT2D eigenvalue weighted by atomic mass is 16.2. The minimum Gasteiger partial charge on any atom is -0.328 e. The minimum absolute atomic E-state index is 0.184. The second kappa shape index (κ2) is 9.69. The van der Waals surface area contributed by atoms with Crippen LogP contribution in [0.25, 0.3) is 0 Å². The van der Waals surface area contributed by atoms with Crippen molar-refractivity contribution < 1.29 is 14.4 Å². The van der Waals surface area contributed by atoms with Gasteiger partial charge in [0, 0.05) is 37.4 Å². The zero-order valence-corrected chi connectivity index (χ0v) is 18.9. The van der Waals surface area contributed by atoms with Crippen LogP contribution in [0.3, 0.4) is 0 Å². The number of anilines is 1. The van der Waals surface area contributed by atoms with Gasteiger partial charge in [-0.15, -0.1) is 0 Å². The van der Waals surface area contributed by atoms with E-state index in [0.717, 1.165) is 27.9 Å². The Morgan fingerprint density at radius 2 is 1.36 bits per heavy atom. The average molecular weight is 442 g/mol. The highest BCUT2D eigenvalue weighted by Gasteiger charge is 2.32. The Kier molecular flexibility index (Phi) is 6.54. The largest absolute Gasteiger partial charge is 0.328 e. The van der Waals surface area contributed by atoms with Gasteiger partial charge in [-0.25, -0.2) is 0 Å². The van der Waals surface area contributed by atoms with Gasteiger partial charge in [-0.05, 0) is 54.3 Å². The van der Waals surface area contributed by atoms with E-state index in [-0.39, 0.29) is 5.91 Å². The molecule has 0 unspecified atom stereocenters. The summed E-state index contributed by atoms with van der Waals surface area (Å²) >= 11 is 0. The fourth-order valence-electron chi connectivity index (χ4n) is 3.87. The number of carbonyl (C=O) groups is 3. The number of amides is 3. The Balaban J connectivity index is 1.36. The first-order valence-electron chi connectivity index (χ1n) is 11.0. The molecule has 1 aliphatic rings. The molecule has 1 N–H and O–H groups in total. The number of benzene rings is 3. The van der Waals surface area contributed by atoms with E-state index in [1.807, 2.05) is 74.5 Å². The van der Waals surface area contributed by atoms with Crippen LogP contribution < -0.4 is 5.32 Å². The molecule has 0 spiro atoms. The number of carbonyl (C=O) groups excluding carboxylic acids is 3. The summed E-state index contributed by atoms with van der Waals surface area (Å²) in [5, 5.41) is 2.95. The molecule has 0 aliphatic carbocycles. The fraction of sp³-hybridized carbons (Fsp3) is 0.222. The third-order valence-electron chi connectivity index (χ3n) is 5.84. The molecule has 6 nitrogen and oxygen atoms in total. The van der Waals surface area contributed by atoms with Crippen LogP contribution >= 0.6 is 0 Å². The summed E-state index contributed by atoms with van der Waals surface area (Å²) in [6.45, 7) is 5.68. The van der Waals surface area contributed by atoms with E-state index in [9.17, 15) is 14.4 Å². The molecule has 0 atom stereocenters. The van der Waals surface area contributed by atoms with E-state index >= 15 is 0 Å². The Hall–Kier alpha value is -3.93. The molecular weight excluding hydrogens is 414 g/mol. The lowest BCUT2D eigenvalue weighted by Crippen LogP contribution is -2.53. The Morgan fingerprint density at radius 1 is 0.788 bits per heavy atom. The summed E-state index contributed by atoms with van der Waals surface area (Å²) in [5.41, 5.74) is 5.28. The van der Waals surface area contributed by atoms with Gasteiger partial charge in [0.05, 0.1) is 0 Å². The van der Waals surface area contributed by atoms with Gasteiger partial charge in [0.2, 0.25) is 0 Å². The molecule has 1 fully saturated rings. The molecule has 6 heteroatoms. The molecule has 168 valence electrons. The minimum atomic E-state index is -0.492. The van der Waals surface area contributed by atoms with E-state index in [4.69, 9.17) is 0 Å². The fourth-order valence-corrected chi connectivity index (χ4v) is 3.87. The molecular formula is C27H27N3O3. The Labute approximate surface area is 193 Å². The smallest absolute Gasteiger partial charge is 0.312 e. The third-order valence-corrected chi connectivity index (χ3v) is 5.84. The number of piperazine rings is 1. The molecule has 3 aromatic rings. The van der Waals surface area contributed by atoms with Crippen LogP contribution in [0.4, 0.5) is 5.69 Å². The predicted molar refractivity (Wildman–Crippen MR) is 128 cm³/mol. The van der Waals surface area contributed by atoms with Gasteiger partial charge < -0.3 is 15.1 Å². The summed E-state index contributed by atoms with van der Waals surface area (Å²) in [4.78, 5) is 41.0. The quantitative estimate of drug-likeness (QED) is 0.590. The molecule has 0 radical (unpaired) electrons. The molecule has 4 rings (SSSR count). The predicted octanol–water partition coefficient (Wildman–Crippen LogP) is 3.93. The van der Waals surface area contributed by atoms with Crippen molar-refractivity contribution >= 4 is 23.4 Å². The van der Waals surface area contributed by atoms with Crippen LogP contribution in [0, 0.1) is 13.8 Å². The number of aryl methyl sites for hydroxylation is 2. The van der Waals surface area contributed by atoms with Gasteiger partial charge in [-0.2, -0.15) is 0 Å². The van der Waals surface area contributed by atoms with Crippen molar-refractivity contribution in [3.63, 3.8) is 0 Å². The number of rotatable bonds is 6. The third kappa shape index (κ3) is 5.29. The van der Waals surface area contributed by atoms with Crippen LogP contribution in [-0.4, -0.2) is 40.6 Å². The van der Waals surface area contributed by atoms with E-state index in [2.05, 4.69) is 5.32 Å². The van der Waals surface area contributed by atoms with Crippen molar-refractivity contribution in [2.45, 2.75) is 26.9 Å². The summed E-state index contributed by atoms with van der Waals surface area (Å²) in [6, 6.07) is 22.7. The first-order chi connectivity index (χ1) is 15.9. The molecule has 1 aliphatic heterocycles. The standard InChI is InChI=1S/C27H27N3O3/c1-19-8-9-20(2)24(16-19)28-25(31)23-12-10-22(11-13-23)18-30-15-14-29(26(32)27(30)33)17-21-6-4-3-5-7-21/h3-13,16H,14-15,17-18H2,1-2H3,(H,28,31). The monoisotopic (exact) mass is 441 g/mol. The first kappa shape index (κ1) is 22.3. The molecule has 1 saturated heterocycles. The highest BCUT2D eigenvalue weighted by Crippen LogP contribution is 2.18. The van der Waals surface area contributed by atoms with E-state index in [1.165, 1.54) is 0 Å². The maximum absolute atomic E-state index is 12.6. The zero-order chi connectivity index (χ0) is 23.4. The average Bonchev–Trinajstić information content (AvgIpc) is 2.82. The van der Waals surface area contributed by atoms with E-state index < -0.39 is 11.8 Å². The SMILES string of the molecule is Cc1ccc(C)c(NC(=O)c2ccc(CN3CCN(Cc4ccccc4)C(=O)C3=O)cc2)c1. The molecule has 33 heavy (non-hydrogen) atoms. The van der Waals surface area contributed by atoms with Crippen LogP contribution in [-0.2, 0) is 22.7 Å². The van der Waals surface area contributed by atoms with Crippen molar-refractivity contribution in [3.8, 4) is 0 Å². The topological polar surface area (TPSA) is 69.7 Å².